The molecule has 0 aromatic carbocycles. The van der Waals surface area contributed by atoms with Gasteiger partial charge >= 0.3 is 0 Å². The fourth-order valence-corrected chi connectivity index (χ4v) is 2.90. The summed E-state index contributed by atoms with van der Waals surface area (Å²) in [6.45, 7) is 0.753. The van der Waals surface area contributed by atoms with Crippen molar-refractivity contribution in [2.75, 3.05) is 0 Å². The lowest BCUT2D eigenvalue weighted by atomic mass is 10.7. The maximum absolute atomic E-state index is 9.09. The predicted octanol–water partition coefficient (Wildman–Crippen LogP) is 0.460. The van der Waals surface area contributed by atoms with Crippen LogP contribution in [0.1, 0.15) is 0 Å². The van der Waals surface area contributed by atoms with Crippen LogP contribution in [0.2, 0.25) is 0 Å². The number of thiazole rings is 1. The van der Waals surface area contributed by atoms with E-state index >= 15 is 0 Å². The average Bonchev–Trinajstić information content (AvgIpc) is 2.22. The number of thioether (sulfide) groups is 1. The zero-order chi connectivity index (χ0) is 6.27. The SMILES string of the molecule is OC1C[n+]2ccsc2S1. The Bertz CT molecular complexity index is 202. The van der Waals surface area contributed by atoms with Crippen molar-refractivity contribution >= 4 is 23.1 Å². The molecule has 2 nitrogen and oxygen atoms in total. The lowest BCUT2D eigenvalue weighted by molar-refractivity contribution is -0.722. The van der Waals surface area contributed by atoms with Gasteiger partial charge in [-0.15, -0.1) is 0 Å². The van der Waals surface area contributed by atoms with E-state index in [4.69, 9.17) is 5.11 Å². The molecule has 2 heterocycles. The zero-order valence-corrected chi connectivity index (χ0v) is 6.28. The van der Waals surface area contributed by atoms with E-state index < -0.39 is 0 Å². The molecule has 0 saturated heterocycles. The normalized spacial score (nSPS) is 24.3. The Morgan fingerprint density at radius 3 is 3.44 bits per heavy atom. The average molecular weight is 160 g/mol. The Kier molecular flexibility index (Phi) is 1.25. The Labute approximate surface area is 61.1 Å². The first-order valence-electron chi connectivity index (χ1n) is 2.68. The summed E-state index contributed by atoms with van der Waals surface area (Å²) in [5.41, 5.74) is -0.211. The fourth-order valence-electron chi connectivity index (χ4n) is 0.843. The smallest absolute Gasteiger partial charge is 0.300 e. The maximum atomic E-state index is 9.09. The first kappa shape index (κ1) is 5.70. The number of hydrogen-bond donors (Lipinski definition) is 1. The fraction of sp³-hybridized carbons (Fsp3) is 0.400. The Morgan fingerprint density at radius 2 is 2.67 bits per heavy atom. The lowest BCUT2D eigenvalue weighted by Gasteiger charge is -1.86. The van der Waals surface area contributed by atoms with Gasteiger partial charge in [-0.05, 0) is 11.8 Å². The second-order valence-electron chi connectivity index (χ2n) is 1.89. The number of hydrogen-bond acceptors (Lipinski definition) is 3. The molecule has 0 bridgehead atoms. The standard InChI is InChI=1S/C5H6NOS2/c7-4-3-6-1-2-8-5(6)9-4/h1-2,4,7H,3H2/q+1. The van der Waals surface area contributed by atoms with Crippen molar-refractivity contribution in [3.8, 4) is 0 Å². The molecule has 0 fully saturated rings. The maximum Gasteiger partial charge on any atom is 0.300 e. The van der Waals surface area contributed by atoms with Gasteiger partial charge in [0.05, 0.1) is 5.38 Å². The number of rotatable bonds is 0. The summed E-state index contributed by atoms with van der Waals surface area (Å²) in [5.74, 6) is 0. The summed E-state index contributed by atoms with van der Waals surface area (Å²) < 4.78 is 3.28. The summed E-state index contributed by atoms with van der Waals surface area (Å²) in [6, 6.07) is 0. The van der Waals surface area contributed by atoms with Crippen LogP contribution in [-0.4, -0.2) is 10.5 Å². The van der Waals surface area contributed by atoms with Gasteiger partial charge in [0.1, 0.15) is 0 Å². The molecule has 1 aromatic heterocycles. The second-order valence-corrected chi connectivity index (χ2v) is 4.21. The van der Waals surface area contributed by atoms with Crippen molar-refractivity contribution in [2.24, 2.45) is 0 Å². The van der Waals surface area contributed by atoms with Crippen LogP contribution in [0, 0.1) is 0 Å². The van der Waals surface area contributed by atoms with Crippen molar-refractivity contribution in [3.63, 3.8) is 0 Å². The third-order valence-corrected chi connectivity index (χ3v) is 3.36. The Balaban J connectivity index is 2.39. The first-order chi connectivity index (χ1) is 4.36. The van der Waals surface area contributed by atoms with Gasteiger partial charge < -0.3 is 5.11 Å². The molecule has 1 aliphatic rings. The van der Waals surface area contributed by atoms with E-state index in [1.165, 1.54) is 16.1 Å². The number of fused-ring (bicyclic) bond motifs is 1. The molecule has 0 radical (unpaired) electrons. The van der Waals surface area contributed by atoms with E-state index in [0.717, 1.165) is 6.54 Å². The molecule has 0 saturated carbocycles. The molecule has 9 heavy (non-hydrogen) atoms. The van der Waals surface area contributed by atoms with Gasteiger partial charge in [0.15, 0.2) is 18.2 Å². The zero-order valence-electron chi connectivity index (χ0n) is 4.65. The Morgan fingerprint density at radius 1 is 1.78 bits per heavy atom. The van der Waals surface area contributed by atoms with Crippen LogP contribution in [0.25, 0.3) is 0 Å². The third-order valence-electron chi connectivity index (χ3n) is 1.23. The van der Waals surface area contributed by atoms with Gasteiger partial charge in [-0.1, -0.05) is 11.3 Å². The van der Waals surface area contributed by atoms with Crippen molar-refractivity contribution in [3.05, 3.63) is 11.6 Å². The molecular weight excluding hydrogens is 154 g/mol. The number of aromatic nitrogens is 1. The minimum Gasteiger partial charge on any atom is -0.375 e. The summed E-state index contributed by atoms with van der Waals surface area (Å²) in [7, 11) is 0. The summed E-state index contributed by atoms with van der Waals surface area (Å²) >= 11 is 3.22. The van der Waals surface area contributed by atoms with Gasteiger partial charge in [-0.25, -0.2) is 0 Å². The van der Waals surface area contributed by atoms with Crippen molar-refractivity contribution in [1.82, 2.24) is 0 Å². The molecule has 2 rings (SSSR count). The van der Waals surface area contributed by atoms with Crippen LogP contribution < -0.4 is 4.57 Å². The molecule has 1 aromatic rings. The van der Waals surface area contributed by atoms with E-state index in [2.05, 4.69) is 4.57 Å². The van der Waals surface area contributed by atoms with Gasteiger partial charge in [-0.2, -0.15) is 4.57 Å². The largest absolute Gasteiger partial charge is 0.375 e. The van der Waals surface area contributed by atoms with Crippen molar-refractivity contribution in [1.29, 1.82) is 0 Å². The van der Waals surface area contributed by atoms with Crippen LogP contribution in [0.4, 0.5) is 0 Å². The first-order valence-corrected chi connectivity index (χ1v) is 4.44. The van der Waals surface area contributed by atoms with E-state index in [1.807, 2.05) is 11.6 Å². The third kappa shape index (κ3) is 0.870. The lowest BCUT2D eigenvalue weighted by Crippen LogP contribution is -2.31. The molecule has 4 heteroatoms. The van der Waals surface area contributed by atoms with Gasteiger partial charge in [-0.3, -0.25) is 0 Å². The van der Waals surface area contributed by atoms with Crippen molar-refractivity contribution in [2.45, 2.75) is 16.3 Å². The topological polar surface area (TPSA) is 24.1 Å². The minimum absolute atomic E-state index is 0.211. The van der Waals surface area contributed by atoms with E-state index in [1.54, 1.807) is 11.3 Å². The van der Waals surface area contributed by atoms with Crippen LogP contribution in [-0.2, 0) is 6.54 Å². The van der Waals surface area contributed by atoms with Gasteiger partial charge in [0.2, 0.25) is 0 Å². The highest BCUT2D eigenvalue weighted by Crippen LogP contribution is 2.27. The molecule has 1 aliphatic heterocycles. The van der Waals surface area contributed by atoms with E-state index in [9.17, 15) is 0 Å². The molecule has 1 atom stereocenters. The number of nitrogens with zero attached hydrogens (tertiary/aromatic N) is 1. The van der Waals surface area contributed by atoms with Crippen molar-refractivity contribution < 1.29 is 9.67 Å². The quantitative estimate of drug-likeness (QED) is 0.557. The summed E-state index contributed by atoms with van der Waals surface area (Å²) in [4.78, 5) is 0. The predicted molar refractivity (Wildman–Crippen MR) is 36.4 cm³/mol. The second kappa shape index (κ2) is 1.97. The molecular formula is C5H6NOS2+. The Hall–Kier alpha value is -0.0600. The summed E-state index contributed by atoms with van der Waals surface area (Å²) in [6.07, 6.45) is 2.00. The van der Waals surface area contributed by atoms with E-state index in [0.29, 0.717) is 0 Å². The van der Waals surface area contributed by atoms with Crippen LogP contribution in [0.5, 0.6) is 0 Å². The molecule has 1 N–H and O–H groups in total. The number of aliphatic hydroxyl groups excluding tert-OH is 1. The molecule has 0 amide bonds. The molecule has 1 unspecified atom stereocenters. The highest BCUT2D eigenvalue weighted by molar-refractivity contribution is 8.01. The highest BCUT2D eigenvalue weighted by Gasteiger charge is 2.28. The molecule has 0 aliphatic carbocycles. The van der Waals surface area contributed by atoms with Crippen LogP contribution >= 0.6 is 23.1 Å². The van der Waals surface area contributed by atoms with Crippen LogP contribution in [0.3, 0.4) is 0 Å². The van der Waals surface area contributed by atoms with E-state index in [-0.39, 0.29) is 5.44 Å². The number of aliphatic hydroxyl groups is 1. The van der Waals surface area contributed by atoms with Gasteiger partial charge in [0, 0.05) is 0 Å². The summed E-state index contributed by atoms with van der Waals surface area (Å²) in [5, 5.41) is 11.1. The molecule has 0 spiro atoms. The minimum atomic E-state index is -0.211. The highest BCUT2D eigenvalue weighted by atomic mass is 32.2. The van der Waals surface area contributed by atoms with Gasteiger partial charge in [0.25, 0.3) is 4.34 Å². The monoisotopic (exact) mass is 160 g/mol. The molecule has 48 valence electrons. The van der Waals surface area contributed by atoms with Crippen LogP contribution in [0.15, 0.2) is 15.9 Å².